The van der Waals surface area contributed by atoms with Gasteiger partial charge in [0.25, 0.3) is 0 Å². The summed E-state index contributed by atoms with van der Waals surface area (Å²) in [5.41, 5.74) is 9.51. The van der Waals surface area contributed by atoms with E-state index in [2.05, 4.69) is 40.0 Å². The van der Waals surface area contributed by atoms with Gasteiger partial charge in [0, 0.05) is 18.3 Å². The van der Waals surface area contributed by atoms with Crippen molar-refractivity contribution in [2.45, 2.75) is 40.3 Å². The number of benzene rings is 1. The molecule has 0 aliphatic carbocycles. The van der Waals surface area contributed by atoms with E-state index in [1.54, 1.807) is 0 Å². The number of anilines is 2. The summed E-state index contributed by atoms with van der Waals surface area (Å²) in [5.74, 6) is 0.658. The quantitative estimate of drug-likeness (QED) is 0.865. The Kier molecular flexibility index (Phi) is 4.17. The van der Waals surface area contributed by atoms with Crippen molar-refractivity contribution in [1.82, 2.24) is 15.2 Å². The first-order valence-corrected chi connectivity index (χ1v) is 6.76. The van der Waals surface area contributed by atoms with Crippen LogP contribution in [-0.2, 0) is 6.54 Å². The van der Waals surface area contributed by atoms with E-state index in [4.69, 9.17) is 5.73 Å². The number of aryl methyl sites for hydroxylation is 2. The monoisotopic (exact) mass is 271 g/mol. The third-order valence-electron chi connectivity index (χ3n) is 3.26. The smallest absolute Gasteiger partial charge is 0.246 e. The zero-order valence-corrected chi connectivity index (χ0v) is 12.5. The van der Waals surface area contributed by atoms with Crippen LogP contribution in [0, 0.1) is 13.8 Å². The first-order valence-electron chi connectivity index (χ1n) is 6.76. The Balaban J connectivity index is 2.29. The van der Waals surface area contributed by atoms with Crippen molar-refractivity contribution in [3.63, 3.8) is 0 Å². The summed E-state index contributed by atoms with van der Waals surface area (Å²) in [4.78, 5) is 6.65. The summed E-state index contributed by atoms with van der Waals surface area (Å²) in [7, 11) is 0. The average molecular weight is 271 g/mol. The van der Waals surface area contributed by atoms with Crippen LogP contribution in [-0.4, -0.2) is 21.2 Å². The number of hydrogen-bond donors (Lipinski definition) is 1. The highest BCUT2D eigenvalue weighted by atomic mass is 15.3. The Morgan fingerprint density at radius 2 is 1.90 bits per heavy atom. The van der Waals surface area contributed by atoms with E-state index < -0.39 is 0 Å². The molecule has 0 fully saturated rings. The molecule has 0 amide bonds. The zero-order chi connectivity index (χ0) is 14.7. The molecule has 20 heavy (non-hydrogen) atoms. The van der Waals surface area contributed by atoms with Crippen molar-refractivity contribution in [3.8, 4) is 0 Å². The Morgan fingerprint density at radius 1 is 1.15 bits per heavy atom. The minimum absolute atomic E-state index is 0.278. The summed E-state index contributed by atoms with van der Waals surface area (Å²) in [5, 5.41) is 8.38. The minimum Gasteiger partial charge on any atom is -0.399 e. The summed E-state index contributed by atoms with van der Waals surface area (Å²) < 4.78 is 0. The van der Waals surface area contributed by atoms with Crippen LogP contribution in [0.15, 0.2) is 24.3 Å². The fraction of sp³-hybridized carbons (Fsp3) is 0.400. The number of rotatable bonds is 4. The second kappa shape index (κ2) is 5.86. The molecule has 2 rings (SSSR count). The molecule has 0 spiro atoms. The summed E-state index contributed by atoms with van der Waals surface area (Å²) in [6.45, 7) is 8.81. The molecular formula is C15H21N5. The lowest BCUT2D eigenvalue weighted by Gasteiger charge is -2.26. The lowest BCUT2D eigenvalue weighted by molar-refractivity contribution is 0.647. The molecule has 0 saturated carbocycles. The molecule has 5 heteroatoms. The number of nitrogens with two attached hydrogens (primary N) is 1. The maximum atomic E-state index is 5.83. The van der Waals surface area contributed by atoms with Crippen molar-refractivity contribution in [2.75, 3.05) is 10.6 Å². The van der Waals surface area contributed by atoms with E-state index in [1.807, 2.05) is 32.0 Å². The minimum atomic E-state index is 0.278. The predicted molar refractivity (Wildman–Crippen MR) is 81.5 cm³/mol. The van der Waals surface area contributed by atoms with E-state index in [9.17, 15) is 0 Å². The second-order valence-corrected chi connectivity index (χ2v) is 5.25. The molecule has 0 bridgehead atoms. The van der Waals surface area contributed by atoms with Crippen LogP contribution >= 0.6 is 0 Å². The SMILES string of the molecule is Cc1nnc(N(Cc2cccc(N)c2)C(C)C)nc1C. The van der Waals surface area contributed by atoms with E-state index in [1.165, 1.54) is 0 Å². The van der Waals surface area contributed by atoms with Crippen molar-refractivity contribution in [3.05, 3.63) is 41.2 Å². The van der Waals surface area contributed by atoms with Gasteiger partial charge in [-0.2, -0.15) is 5.10 Å². The molecule has 1 aromatic carbocycles. The molecule has 2 aromatic rings. The third kappa shape index (κ3) is 3.23. The molecular weight excluding hydrogens is 250 g/mol. The topological polar surface area (TPSA) is 67.9 Å². The highest BCUT2D eigenvalue weighted by Crippen LogP contribution is 2.17. The molecule has 1 heterocycles. The number of aromatic nitrogens is 3. The molecule has 106 valence electrons. The Labute approximate surface area is 119 Å². The van der Waals surface area contributed by atoms with Gasteiger partial charge < -0.3 is 10.6 Å². The Morgan fingerprint density at radius 3 is 2.50 bits per heavy atom. The van der Waals surface area contributed by atoms with Crippen LogP contribution in [0.3, 0.4) is 0 Å². The van der Waals surface area contributed by atoms with Gasteiger partial charge in [-0.15, -0.1) is 5.10 Å². The van der Waals surface area contributed by atoms with E-state index >= 15 is 0 Å². The molecule has 0 aliphatic rings. The first kappa shape index (κ1) is 14.2. The standard InChI is InChI=1S/C15H21N5/c1-10(2)20(9-13-6-5-7-14(16)8-13)15-17-11(3)12(4)18-19-15/h5-8,10H,9,16H2,1-4H3. The molecule has 5 nitrogen and oxygen atoms in total. The van der Waals surface area contributed by atoms with Crippen molar-refractivity contribution in [2.24, 2.45) is 0 Å². The normalized spacial score (nSPS) is 10.8. The summed E-state index contributed by atoms with van der Waals surface area (Å²) >= 11 is 0. The lowest BCUT2D eigenvalue weighted by atomic mass is 10.2. The number of hydrogen-bond acceptors (Lipinski definition) is 5. The van der Waals surface area contributed by atoms with Gasteiger partial charge in [0.2, 0.25) is 5.95 Å². The van der Waals surface area contributed by atoms with Crippen LogP contribution in [0.25, 0.3) is 0 Å². The van der Waals surface area contributed by atoms with Gasteiger partial charge in [0.15, 0.2) is 0 Å². The van der Waals surface area contributed by atoms with Gasteiger partial charge in [-0.3, -0.25) is 0 Å². The molecule has 0 unspecified atom stereocenters. The van der Waals surface area contributed by atoms with Crippen LogP contribution in [0.1, 0.15) is 30.8 Å². The van der Waals surface area contributed by atoms with E-state index in [0.29, 0.717) is 12.5 Å². The maximum Gasteiger partial charge on any atom is 0.246 e. The molecule has 0 radical (unpaired) electrons. The number of nitrogens with zero attached hydrogens (tertiary/aromatic N) is 4. The average Bonchev–Trinajstić information content (AvgIpc) is 2.39. The van der Waals surface area contributed by atoms with E-state index in [0.717, 1.165) is 22.6 Å². The van der Waals surface area contributed by atoms with Crippen LogP contribution < -0.4 is 10.6 Å². The van der Waals surface area contributed by atoms with Gasteiger partial charge in [0.1, 0.15) is 0 Å². The Bertz CT molecular complexity index is 595. The maximum absolute atomic E-state index is 5.83. The summed E-state index contributed by atoms with van der Waals surface area (Å²) in [6.07, 6.45) is 0. The van der Waals surface area contributed by atoms with Crippen molar-refractivity contribution < 1.29 is 0 Å². The summed E-state index contributed by atoms with van der Waals surface area (Å²) in [6, 6.07) is 8.16. The van der Waals surface area contributed by atoms with Crippen molar-refractivity contribution in [1.29, 1.82) is 0 Å². The van der Waals surface area contributed by atoms with Gasteiger partial charge in [-0.25, -0.2) is 4.98 Å². The first-order chi connectivity index (χ1) is 9.47. The second-order valence-electron chi connectivity index (χ2n) is 5.25. The van der Waals surface area contributed by atoms with Crippen molar-refractivity contribution >= 4 is 11.6 Å². The fourth-order valence-corrected chi connectivity index (χ4v) is 1.94. The molecule has 2 N–H and O–H groups in total. The van der Waals surface area contributed by atoms with Crippen LogP contribution in [0.5, 0.6) is 0 Å². The highest BCUT2D eigenvalue weighted by Gasteiger charge is 2.15. The predicted octanol–water partition coefficient (Wildman–Crippen LogP) is 2.49. The fourth-order valence-electron chi connectivity index (χ4n) is 1.94. The van der Waals surface area contributed by atoms with Gasteiger partial charge >= 0.3 is 0 Å². The molecule has 0 atom stereocenters. The van der Waals surface area contributed by atoms with Crippen LogP contribution in [0.2, 0.25) is 0 Å². The highest BCUT2D eigenvalue weighted by molar-refractivity contribution is 5.42. The van der Waals surface area contributed by atoms with E-state index in [-0.39, 0.29) is 6.04 Å². The zero-order valence-electron chi connectivity index (χ0n) is 12.5. The Hall–Kier alpha value is -2.17. The largest absolute Gasteiger partial charge is 0.399 e. The van der Waals surface area contributed by atoms with Gasteiger partial charge in [0.05, 0.1) is 11.4 Å². The lowest BCUT2D eigenvalue weighted by Crippen LogP contribution is -2.32. The van der Waals surface area contributed by atoms with Gasteiger partial charge in [-0.05, 0) is 45.4 Å². The number of nitrogen functional groups attached to an aromatic ring is 1. The third-order valence-corrected chi connectivity index (χ3v) is 3.26. The molecule has 0 aliphatic heterocycles. The molecule has 0 saturated heterocycles. The molecule has 1 aromatic heterocycles. The van der Waals surface area contributed by atoms with Gasteiger partial charge in [-0.1, -0.05) is 12.1 Å². The van der Waals surface area contributed by atoms with Crippen LogP contribution in [0.4, 0.5) is 11.6 Å².